The van der Waals surface area contributed by atoms with Crippen LogP contribution in [0.4, 0.5) is 0 Å². The van der Waals surface area contributed by atoms with Gasteiger partial charge in [-0.1, -0.05) is 11.6 Å². The second kappa shape index (κ2) is 5.89. The zero-order valence-electron chi connectivity index (χ0n) is 10.2. The molecule has 0 unspecified atom stereocenters. The first-order valence-corrected chi connectivity index (χ1v) is 6.20. The van der Waals surface area contributed by atoms with E-state index in [4.69, 9.17) is 22.1 Å². The van der Waals surface area contributed by atoms with E-state index >= 15 is 0 Å². The lowest BCUT2D eigenvalue weighted by molar-refractivity contribution is 0.415. The number of rotatable bonds is 5. The van der Waals surface area contributed by atoms with Crippen LogP contribution in [0.25, 0.3) is 11.3 Å². The van der Waals surface area contributed by atoms with Crippen molar-refractivity contribution in [3.63, 3.8) is 0 Å². The Bertz CT molecular complexity index is 525. The van der Waals surface area contributed by atoms with Crippen molar-refractivity contribution in [2.75, 3.05) is 13.7 Å². The lowest BCUT2D eigenvalue weighted by Crippen LogP contribution is -2.01. The Hall–Kier alpha value is -1.52. The molecule has 0 aliphatic rings. The Balaban J connectivity index is 2.23. The Labute approximate surface area is 111 Å². The van der Waals surface area contributed by atoms with Crippen molar-refractivity contribution >= 4 is 11.6 Å². The predicted octanol–water partition coefficient (Wildman–Crippen LogP) is 2.63. The first-order chi connectivity index (χ1) is 8.74. The maximum absolute atomic E-state index is 6.21. The highest BCUT2D eigenvalue weighted by Gasteiger charge is 2.08. The van der Waals surface area contributed by atoms with Crippen LogP contribution >= 0.6 is 11.6 Å². The molecule has 0 bridgehead atoms. The van der Waals surface area contributed by atoms with E-state index < -0.39 is 0 Å². The number of methoxy groups -OCH3 is 1. The second-order valence-electron chi connectivity index (χ2n) is 3.98. The summed E-state index contributed by atoms with van der Waals surface area (Å²) in [6.07, 6.45) is 3.56. The molecule has 1 aromatic carbocycles. The molecular weight excluding hydrogens is 250 g/mol. The van der Waals surface area contributed by atoms with Gasteiger partial charge >= 0.3 is 0 Å². The van der Waals surface area contributed by atoms with Gasteiger partial charge in [0.25, 0.3) is 0 Å². The molecule has 0 aliphatic carbocycles. The molecule has 0 radical (unpaired) electrons. The van der Waals surface area contributed by atoms with Gasteiger partial charge < -0.3 is 15.5 Å². The van der Waals surface area contributed by atoms with E-state index in [0.717, 1.165) is 35.7 Å². The van der Waals surface area contributed by atoms with Crippen LogP contribution in [0.15, 0.2) is 24.4 Å². The van der Waals surface area contributed by atoms with E-state index in [2.05, 4.69) is 9.97 Å². The van der Waals surface area contributed by atoms with E-state index in [1.165, 1.54) is 0 Å². The fourth-order valence-corrected chi connectivity index (χ4v) is 2.01. The van der Waals surface area contributed by atoms with Crippen LogP contribution in [-0.4, -0.2) is 23.6 Å². The smallest absolute Gasteiger partial charge is 0.120 e. The van der Waals surface area contributed by atoms with Gasteiger partial charge in [0.2, 0.25) is 0 Å². The molecule has 4 nitrogen and oxygen atoms in total. The maximum atomic E-state index is 6.21. The van der Waals surface area contributed by atoms with Crippen molar-refractivity contribution in [2.45, 2.75) is 12.8 Å². The minimum atomic E-state index is 0.642. The highest BCUT2D eigenvalue weighted by molar-refractivity contribution is 6.33. The number of aromatic nitrogens is 2. The monoisotopic (exact) mass is 265 g/mol. The third-order valence-corrected chi connectivity index (χ3v) is 3.03. The number of H-pyrrole nitrogens is 1. The number of hydrogen-bond donors (Lipinski definition) is 2. The highest BCUT2D eigenvalue weighted by Crippen LogP contribution is 2.30. The van der Waals surface area contributed by atoms with Gasteiger partial charge in [0.15, 0.2) is 0 Å². The number of aryl methyl sites for hydroxylation is 1. The molecule has 0 saturated heterocycles. The van der Waals surface area contributed by atoms with Crippen LogP contribution < -0.4 is 10.5 Å². The number of hydrogen-bond acceptors (Lipinski definition) is 3. The minimum absolute atomic E-state index is 0.642. The molecule has 5 heteroatoms. The molecule has 0 amide bonds. The highest BCUT2D eigenvalue weighted by atomic mass is 35.5. The maximum Gasteiger partial charge on any atom is 0.120 e. The second-order valence-corrected chi connectivity index (χ2v) is 4.39. The first kappa shape index (κ1) is 12.9. The van der Waals surface area contributed by atoms with Gasteiger partial charge in [-0.05, 0) is 31.2 Å². The number of aromatic amines is 1. The van der Waals surface area contributed by atoms with Gasteiger partial charge in [-0.2, -0.15) is 0 Å². The normalized spacial score (nSPS) is 10.6. The summed E-state index contributed by atoms with van der Waals surface area (Å²) in [7, 11) is 1.62. The molecule has 0 saturated carbocycles. The van der Waals surface area contributed by atoms with Crippen LogP contribution in [0.2, 0.25) is 5.02 Å². The summed E-state index contributed by atoms with van der Waals surface area (Å²) >= 11 is 6.21. The standard InChI is InChI=1S/C13H16ClN3O/c1-18-9-4-5-10(11(14)7-9)12-8-16-13(17-12)3-2-6-15/h4-5,7-8H,2-3,6,15H2,1H3,(H,16,17). The first-order valence-electron chi connectivity index (χ1n) is 5.82. The molecule has 18 heavy (non-hydrogen) atoms. The van der Waals surface area contributed by atoms with Gasteiger partial charge in [0.05, 0.1) is 24.0 Å². The summed E-state index contributed by atoms with van der Waals surface area (Å²) in [4.78, 5) is 7.56. The van der Waals surface area contributed by atoms with Gasteiger partial charge in [-0.15, -0.1) is 0 Å². The summed E-state index contributed by atoms with van der Waals surface area (Å²) < 4.78 is 5.12. The van der Waals surface area contributed by atoms with Crippen molar-refractivity contribution < 1.29 is 4.74 Å². The van der Waals surface area contributed by atoms with Gasteiger partial charge in [-0.25, -0.2) is 4.98 Å². The van der Waals surface area contributed by atoms with Crippen LogP contribution in [0.5, 0.6) is 5.75 Å². The number of nitrogens with two attached hydrogens (primary N) is 1. The van der Waals surface area contributed by atoms with Gasteiger partial charge in [-0.3, -0.25) is 0 Å². The molecule has 3 N–H and O–H groups in total. The van der Waals surface area contributed by atoms with E-state index in [-0.39, 0.29) is 0 Å². The van der Waals surface area contributed by atoms with Crippen molar-refractivity contribution in [3.8, 4) is 17.0 Å². The Morgan fingerprint density at radius 3 is 2.94 bits per heavy atom. The molecule has 1 heterocycles. The third kappa shape index (κ3) is 2.83. The fourth-order valence-electron chi connectivity index (χ4n) is 1.74. The van der Waals surface area contributed by atoms with E-state index in [9.17, 15) is 0 Å². The number of imidazole rings is 1. The molecular formula is C13H16ClN3O. The van der Waals surface area contributed by atoms with Crippen molar-refractivity contribution in [2.24, 2.45) is 5.73 Å². The van der Waals surface area contributed by atoms with Crippen LogP contribution in [0.1, 0.15) is 12.2 Å². The molecule has 1 aromatic heterocycles. The molecule has 0 aliphatic heterocycles. The van der Waals surface area contributed by atoms with Gasteiger partial charge in [0.1, 0.15) is 11.6 Å². The van der Waals surface area contributed by atoms with Crippen molar-refractivity contribution in [1.29, 1.82) is 0 Å². The van der Waals surface area contributed by atoms with Crippen LogP contribution in [0.3, 0.4) is 0 Å². The van der Waals surface area contributed by atoms with E-state index in [1.807, 2.05) is 12.1 Å². The number of halogens is 1. The lowest BCUT2D eigenvalue weighted by atomic mass is 10.1. The number of ether oxygens (including phenoxy) is 1. The molecule has 2 rings (SSSR count). The van der Waals surface area contributed by atoms with Crippen LogP contribution in [0, 0.1) is 0 Å². The zero-order chi connectivity index (χ0) is 13.0. The van der Waals surface area contributed by atoms with Gasteiger partial charge in [0, 0.05) is 12.0 Å². The largest absolute Gasteiger partial charge is 0.497 e. The van der Waals surface area contributed by atoms with Crippen molar-refractivity contribution in [3.05, 3.63) is 35.2 Å². The number of nitrogens with one attached hydrogen (secondary N) is 1. The Morgan fingerprint density at radius 1 is 1.44 bits per heavy atom. The lowest BCUT2D eigenvalue weighted by Gasteiger charge is -2.04. The van der Waals surface area contributed by atoms with E-state index in [0.29, 0.717) is 11.6 Å². The predicted molar refractivity (Wildman–Crippen MR) is 73.0 cm³/mol. The summed E-state index contributed by atoms with van der Waals surface area (Å²) in [5.41, 5.74) is 7.31. The average Bonchev–Trinajstić information content (AvgIpc) is 2.84. The molecule has 2 aromatic rings. The summed E-state index contributed by atoms with van der Waals surface area (Å²) in [6.45, 7) is 0.666. The molecule has 96 valence electrons. The quantitative estimate of drug-likeness (QED) is 0.874. The summed E-state index contributed by atoms with van der Waals surface area (Å²) in [5, 5.41) is 0.642. The third-order valence-electron chi connectivity index (χ3n) is 2.71. The molecule has 0 atom stereocenters. The van der Waals surface area contributed by atoms with Crippen LogP contribution in [-0.2, 0) is 6.42 Å². The zero-order valence-corrected chi connectivity index (χ0v) is 11.0. The SMILES string of the molecule is COc1ccc(-c2cnc(CCCN)[nH]2)c(Cl)c1. The summed E-state index contributed by atoms with van der Waals surface area (Å²) in [6, 6.07) is 5.58. The Morgan fingerprint density at radius 2 is 2.28 bits per heavy atom. The molecule has 0 spiro atoms. The Kier molecular flexibility index (Phi) is 4.23. The number of nitrogens with zero attached hydrogens (tertiary/aromatic N) is 1. The fraction of sp³-hybridized carbons (Fsp3) is 0.308. The minimum Gasteiger partial charge on any atom is -0.497 e. The topological polar surface area (TPSA) is 63.9 Å². The van der Waals surface area contributed by atoms with E-state index in [1.54, 1.807) is 19.4 Å². The molecule has 0 fully saturated rings. The van der Waals surface area contributed by atoms with Crippen molar-refractivity contribution in [1.82, 2.24) is 9.97 Å². The summed E-state index contributed by atoms with van der Waals surface area (Å²) in [5.74, 6) is 1.67. The average molecular weight is 266 g/mol. The number of benzene rings is 1.